The number of hydrogen-bond acceptors (Lipinski definition) is 3. The van der Waals surface area contributed by atoms with E-state index >= 15 is 0 Å². The molecule has 1 N–H and O–H groups in total. The van der Waals surface area contributed by atoms with Gasteiger partial charge in [0, 0.05) is 17.2 Å². The zero-order chi connectivity index (χ0) is 13.7. The number of aryl methyl sites for hydroxylation is 2. The number of thioether (sulfide) groups is 1. The summed E-state index contributed by atoms with van der Waals surface area (Å²) in [6.07, 6.45) is 0. The molecule has 0 fully saturated rings. The molecule has 1 heterocycles. The SMILES string of the molecule is CCNc1cccc(CSc2cc(C)ccc2C)n1. The monoisotopic (exact) mass is 272 g/mol. The van der Waals surface area contributed by atoms with Crippen molar-refractivity contribution in [2.45, 2.75) is 31.4 Å². The van der Waals surface area contributed by atoms with E-state index in [1.807, 2.05) is 17.8 Å². The van der Waals surface area contributed by atoms with Gasteiger partial charge in [-0.05, 0) is 44.5 Å². The van der Waals surface area contributed by atoms with Crippen LogP contribution < -0.4 is 5.32 Å². The topological polar surface area (TPSA) is 24.9 Å². The quantitative estimate of drug-likeness (QED) is 0.815. The molecule has 0 unspecified atom stereocenters. The van der Waals surface area contributed by atoms with Gasteiger partial charge in [0.15, 0.2) is 0 Å². The largest absolute Gasteiger partial charge is 0.370 e. The van der Waals surface area contributed by atoms with Crippen LogP contribution in [0.4, 0.5) is 5.82 Å². The van der Waals surface area contributed by atoms with Gasteiger partial charge in [-0.25, -0.2) is 4.98 Å². The smallest absolute Gasteiger partial charge is 0.126 e. The molecular formula is C16H20N2S. The zero-order valence-corrected chi connectivity index (χ0v) is 12.6. The summed E-state index contributed by atoms with van der Waals surface area (Å²) in [6, 6.07) is 12.7. The number of pyridine rings is 1. The maximum absolute atomic E-state index is 4.60. The van der Waals surface area contributed by atoms with E-state index in [-0.39, 0.29) is 0 Å². The van der Waals surface area contributed by atoms with Crippen molar-refractivity contribution in [1.29, 1.82) is 0 Å². The van der Waals surface area contributed by atoms with Crippen LogP contribution in [-0.4, -0.2) is 11.5 Å². The number of nitrogens with zero attached hydrogens (tertiary/aromatic N) is 1. The minimum Gasteiger partial charge on any atom is -0.370 e. The van der Waals surface area contributed by atoms with Crippen molar-refractivity contribution in [3.8, 4) is 0 Å². The van der Waals surface area contributed by atoms with Crippen molar-refractivity contribution in [2.24, 2.45) is 0 Å². The van der Waals surface area contributed by atoms with Crippen molar-refractivity contribution in [3.05, 3.63) is 53.2 Å². The van der Waals surface area contributed by atoms with E-state index in [4.69, 9.17) is 0 Å². The van der Waals surface area contributed by atoms with Gasteiger partial charge >= 0.3 is 0 Å². The van der Waals surface area contributed by atoms with Crippen LogP contribution in [0.3, 0.4) is 0 Å². The molecule has 0 saturated carbocycles. The Kier molecular flexibility index (Phi) is 4.86. The molecule has 2 aromatic rings. The number of aromatic nitrogens is 1. The third-order valence-corrected chi connectivity index (χ3v) is 4.07. The first-order chi connectivity index (χ1) is 9.19. The average Bonchev–Trinajstić information content (AvgIpc) is 2.41. The van der Waals surface area contributed by atoms with Crippen LogP contribution in [0.1, 0.15) is 23.7 Å². The Balaban J connectivity index is 2.05. The molecule has 0 saturated heterocycles. The lowest BCUT2D eigenvalue weighted by molar-refractivity contribution is 1.11. The van der Waals surface area contributed by atoms with E-state index in [9.17, 15) is 0 Å². The molecule has 0 amide bonds. The third kappa shape index (κ3) is 4.00. The van der Waals surface area contributed by atoms with Crippen molar-refractivity contribution in [3.63, 3.8) is 0 Å². The van der Waals surface area contributed by atoms with Gasteiger partial charge < -0.3 is 5.32 Å². The highest BCUT2D eigenvalue weighted by molar-refractivity contribution is 7.98. The maximum atomic E-state index is 4.60. The van der Waals surface area contributed by atoms with E-state index in [1.165, 1.54) is 16.0 Å². The Hall–Kier alpha value is -1.48. The van der Waals surface area contributed by atoms with E-state index < -0.39 is 0 Å². The highest BCUT2D eigenvalue weighted by Crippen LogP contribution is 2.26. The van der Waals surface area contributed by atoms with Crippen molar-refractivity contribution in [1.82, 2.24) is 4.98 Å². The molecule has 0 radical (unpaired) electrons. The van der Waals surface area contributed by atoms with Gasteiger partial charge in [0.05, 0.1) is 5.69 Å². The second kappa shape index (κ2) is 6.62. The lowest BCUT2D eigenvalue weighted by Crippen LogP contribution is -2.00. The van der Waals surface area contributed by atoms with Crippen LogP contribution in [-0.2, 0) is 5.75 Å². The number of benzene rings is 1. The predicted molar refractivity (Wildman–Crippen MR) is 83.9 cm³/mol. The average molecular weight is 272 g/mol. The summed E-state index contributed by atoms with van der Waals surface area (Å²) >= 11 is 1.85. The molecule has 0 aliphatic heterocycles. The van der Waals surface area contributed by atoms with E-state index in [0.717, 1.165) is 23.8 Å². The number of rotatable bonds is 5. The van der Waals surface area contributed by atoms with Crippen molar-refractivity contribution < 1.29 is 0 Å². The lowest BCUT2D eigenvalue weighted by atomic mass is 10.2. The molecule has 2 rings (SSSR count). The molecule has 1 aromatic carbocycles. The molecule has 0 spiro atoms. The Morgan fingerprint density at radius 1 is 1.16 bits per heavy atom. The summed E-state index contributed by atoms with van der Waals surface area (Å²) in [5.41, 5.74) is 3.75. The predicted octanol–water partition coefficient (Wildman–Crippen LogP) is 4.42. The molecule has 3 heteroatoms. The second-order valence-electron chi connectivity index (χ2n) is 4.60. The Labute approximate surface area is 119 Å². The standard InChI is InChI=1S/C16H20N2S/c1-4-17-16-7-5-6-14(18-16)11-19-15-10-12(2)8-9-13(15)3/h5-10H,4,11H2,1-3H3,(H,17,18). The summed E-state index contributed by atoms with van der Waals surface area (Å²) in [4.78, 5) is 5.94. The molecule has 2 nitrogen and oxygen atoms in total. The van der Waals surface area contributed by atoms with Crippen LogP contribution in [0.25, 0.3) is 0 Å². The zero-order valence-electron chi connectivity index (χ0n) is 11.7. The molecule has 0 atom stereocenters. The summed E-state index contributed by atoms with van der Waals surface area (Å²) in [5, 5.41) is 3.25. The van der Waals surface area contributed by atoms with E-state index in [1.54, 1.807) is 0 Å². The highest BCUT2D eigenvalue weighted by atomic mass is 32.2. The van der Waals surface area contributed by atoms with Crippen LogP contribution >= 0.6 is 11.8 Å². The summed E-state index contributed by atoms with van der Waals surface area (Å²) in [7, 11) is 0. The minimum atomic E-state index is 0.903. The molecule has 100 valence electrons. The van der Waals surface area contributed by atoms with Gasteiger partial charge in [-0.3, -0.25) is 0 Å². The van der Waals surface area contributed by atoms with Gasteiger partial charge in [-0.15, -0.1) is 11.8 Å². The molecule has 19 heavy (non-hydrogen) atoms. The highest BCUT2D eigenvalue weighted by Gasteiger charge is 2.02. The molecule has 1 aromatic heterocycles. The number of nitrogens with one attached hydrogen (secondary N) is 1. The Bertz CT molecular complexity index is 552. The molecule has 0 aliphatic carbocycles. The van der Waals surface area contributed by atoms with Crippen LogP contribution in [0.5, 0.6) is 0 Å². The Morgan fingerprint density at radius 2 is 2.00 bits per heavy atom. The van der Waals surface area contributed by atoms with Gasteiger partial charge in [0.1, 0.15) is 5.82 Å². The van der Waals surface area contributed by atoms with Crippen molar-refractivity contribution >= 4 is 17.6 Å². The third-order valence-electron chi connectivity index (χ3n) is 2.88. The van der Waals surface area contributed by atoms with Gasteiger partial charge in [-0.2, -0.15) is 0 Å². The summed E-state index contributed by atoms with van der Waals surface area (Å²) in [5.74, 6) is 1.87. The summed E-state index contributed by atoms with van der Waals surface area (Å²) in [6.45, 7) is 7.28. The first-order valence-electron chi connectivity index (χ1n) is 6.59. The van der Waals surface area contributed by atoms with Gasteiger partial charge in [0.25, 0.3) is 0 Å². The van der Waals surface area contributed by atoms with E-state index in [2.05, 4.69) is 61.4 Å². The van der Waals surface area contributed by atoms with Crippen molar-refractivity contribution in [2.75, 3.05) is 11.9 Å². The second-order valence-corrected chi connectivity index (χ2v) is 5.62. The lowest BCUT2D eigenvalue weighted by Gasteiger charge is -2.08. The fraction of sp³-hybridized carbons (Fsp3) is 0.312. The fourth-order valence-electron chi connectivity index (χ4n) is 1.85. The molecule has 0 aliphatic rings. The Morgan fingerprint density at radius 3 is 2.79 bits per heavy atom. The van der Waals surface area contributed by atoms with Crippen LogP contribution in [0.15, 0.2) is 41.3 Å². The molecule has 0 bridgehead atoms. The van der Waals surface area contributed by atoms with Crippen LogP contribution in [0, 0.1) is 13.8 Å². The first-order valence-corrected chi connectivity index (χ1v) is 7.57. The normalized spacial score (nSPS) is 10.5. The number of hydrogen-bond donors (Lipinski definition) is 1. The van der Waals surface area contributed by atoms with Crippen LogP contribution in [0.2, 0.25) is 0 Å². The minimum absolute atomic E-state index is 0.903. The maximum Gasteiger partial charge on any atom is 0.126 e. The van der Waals surface area contributed by atoms with E-state index in [0.29, 0.717) is 0 Å². The van der Waals surface area contributed by atoms with Gasteiger partial charge in [0.2, 0.25) is 0 Å². The summed E-state index contributed by atoms with van der Waals surface area (Å²) < 4.78 is 0. The fourth-order valence-corrected chi connectivity index (χ4v) is 2.88. The molecular weight excluding hydrogens is 252 g/mol. The number of anilines is 1. The first kappa shape index (κ1) is 13.9. The van der Waals surface area contributed by atoms with Gasteiger partial charge in [-0.1, -0.05) is 23.8 Å².